The molecule has 0 aromatic rings. The smallest absolute Gasteiger partial charge is 0.377 e. The molecular formula is C6H7FO3. The number of carbonyl (C=O) groups excluding carboxylic acids is 2. The highest BCUT2D eigenvalue weighted by molar-refractivity contribution is 6.37. The minimum atomic E-state index is -1.88. The molecule has 1 rings (SSSR count). The van der Waals surface area contributed by atoms with E-state index in [9.17, 15) is 14.0 Å². The molecule has 0 aromatic carbocycles. The first-order chi connectivity index (χ1) is 4.60. The second-order valence-electron chi connectivity index (χ2n) is 2.29. The highest BCUT2D eigenvalue weighted by atomic mass is 19.1. The van der Waals surface area contributed by atoms with Gasteiger partial charge >= 0.3 is 5.97 Å². The summed E-state index contributed by atoms with van der Waals surface area (Å²) in [6.07, 6.45) is 0.307. The van der Waals surface area contributed by atoms with E-state index in [0.29, 0.717) is 0 Å². The number of alkyl halides is 1. The van der Waals surface area contributed by atoms with Crippen LogP contribution in [-0.4, -0.2) is 24.5 Å². The summed E-state index contributed by atoms with van der Waals surface area (Å²) < 4.78 is 16.7. The molecule has 56 valence electrons. The topological polar surface area (TPSA) is 43.4 Å². The Labute approximate surface area is 57.2 Å². The van der Waals surface area contributed by atoms with Crippen molar-refractivity contribution in [2.24, 2.45) is 0 Å². The van der Waals surface area contributed by atoms with Crippen LogP contribution in [-0.2, 0) is 14.3 Å². The summed E-state index contributed by atoms with van der Waals surface area (Å²) in [6.45, 7) is 0. The van der Waals surface area contributed by atoms with Gasteiger partial charge in [0, 0.05) is 0 Å². The first-order valence-corrected chi connectivity index (χ1v) is 2.92. The number of hydrogen-bond donors (Lipinski definition) is 0. The number of halogens is 1. The third-order valence-electron chi connectivity index (χ3n) is 1.47. The van der Waals surface area contributed by atoms with E-state index in [1.54, 1.807) is 0 Å². The molecule has 0 atom stereocenters. The largest absolute Gasteiger partial charge is 0.463 e. The number of ether oxygens (including phenoxy) is 1. The van der Waals surface area contributed by atoms with Gasteiger partial charge in [0.25, 0.3) is 5.78 Å². The molecule has 4 heteroatoms. The van der Waals surface area contributed by atoms with E-state index in [4.69, 9.17) is 0 Å². The van der Waals surface area contributed by atoms with Crippen molar-refractivity contribution in [3.05, 3.63) is 0 Å². The van der Waals surface area contributed by atoms with Crippen LogP contribution in [0.5, 0.6) is 0 Å². The Balaban J connectivity index is 2.57. The second-order valence-corrected chi connectivity index (χ2v) is 2.29. The summed E-state index contributed by atoms with van der Waals surface area (Å²) in [6, 6.07) is 0. The normalized spacial score (nSPS) is 19.8. The SMILES string of the molecule is COC(=O)C(=O)C1(F)CC1. The van der Waals surface area contributed by atoms with Crippen molar-refractivity contribution < 1.29 is 18.7 Å². The van der Waals surface area contributed by atoms with Crippen molar-refractivity contribution in [3.63, 3.8) is 0 Å². The van der Waals surface area contributed by atoms with Crippen molar-refractivity contribution in [2.45, 2.75) is 18.5 Å². The van der Waals surface area contributed by atoms with Gasteiger partial charge in [-0.15, -0.1) is 0 Å². The third kappa shape index (κ3) is 1.01. The van der Waals surface area contributed by atoms with Crippen LogP contribution in [0.15, 0.2) is 0 Å². The van der Waals surface area contributed by atoms with Gasteiger partial charge in [-0.05, 0) is 12.8 Å². The van der Waals surface area contributed by atoms with Gasteiger partial charge in [0.15, 0.2) is 5.67 Å². The van der Waals surface area contributed by atoms with Gasteiger partial charge in [-0.3, -0.25) is 4.79 Å². The van der Waals surface area contributed by atoms with Crippen molar-refractivity contribution in [2.75, 3.05) is 7.11 Å². The van der Waals surface area contributed by atoms with Gasteiger partial charge in [-0.2, -0.15) is 0 Å². The predicted molar refractivity (Wildman–Crippen MR) is 30.1 cm³/mol. The number of ketones is 1. The van der Waals surface area contributed by atoms with Gasteiger partial charge < -0.3 is 4.74 Å². The lowest BCUT2D eigenvalue weighted by Crippen LogP contribution is -2.27. The Hall–Kier alpha value is -0.930. The molecule has 1 aliphatic rings. The zero-order chi connectivity index (χ0) is 7.78. The summed E-state index contributed by atoms with van der Waals surface area (Å²) >= 11 is 0. The molecule has 0 heterocycles. The fourth-order valence-electron chi connectivity index (χ4n) is 0.612. The molecule has 0 aromatic heterocycles. The van der Waals surface area contributed by atoms with E-state index in [-0.39, 0.29) is 12.8 Å². The highest BCUT2D eigenvalue weighted by Crippen LogP contribution is 2.40. The maximum absolute atomic E-state index is 12.7. The monoisotopic (exact) mass is 146 g/mol. The Morgan fingerprint density at radius 2 is 2.00 bits per heavy atom. The third-order valence-corrected chi connectivity index (χ3v) is 1.47. The van der Waals surface area contributed by atoms with Crippen LogP contribution in [0.2, 0.25) is 0 Å². The quantitative estimate of drug-likeness (QED) is 0.413. The van der Waals surface area contributed by atoms with Crippen LogP contribution in [0.4, 0.5) is 4.39 Å². The van der Waals surface area contributed by atoms with Crippen LogP contribution in [0.3, 0.4) is 0 Å². The molecule has 0 amide bonds. The van der Waals surface area contributed by atoms with Crippen LogP contribution in [0, 0.1) is 0 Å². The number of esters is 1. The van der Waals surface area contributed by atoms with E-state index in [0.717, 1.165) is 7.11 Å². The second kappa shape index (κ2) is 2.04. The molecular weight excluding hydrogens is 139 g/mol. The van der Waals surface area contributed by atoms with E-state index in [2.05, 4.69) is 4.74 Å². The average molecular weight is 146 g/mol. The zero-order valence-electron chi connectivity index (χ0n) is 5.52. The van der Waals surface area contributed by atoms with E-state index in [1.807, 2.05) is 0 Å². The van der Waals surface area contributed by atoms with Gasteiger partial charge in [0.1, 0.15) is 0 Å². The fourth-order valence-corrected chi connectivity index (χ4v) is 0.612. The van der Waals surface area contributed by atoms with E-state index >= 15 is 0 Å². The Morgan fingerprint density at radius 3 is 2.30 bits per heavy atom. The van der Waals surface area contributed by atoms with Crippen molar-refractivity contribution in [1.82, 2.24) is 0 Å². The first-order valence-electron chi connectivity index (χ1n) is 2.92. The molecule has 0 N–H and O–H groups in total. The molecule has 0 bridgehead atoms. The van der Waals surface area contributed by atoms with Crippen LogP contribution in [0.25, 0.3) is 0 Å². The number of rotatable bonds is 2. The maximum Gasteiger partial charge on any atom is 0.377 e. The summed E-state index contributed by atoms with van der Waals surface area (Å²) in [4.78, 5) is 21.0. The molecule has 0 radical (unpaired) electrons. The summed E-state index contributed by atoms with van der Waals surface area (Å²) in [7, 11) is 1.06. The van der Waals surface area contributed by atoms with Crippen molar-refractivity contribution in [1.29, 1.82) is 0 Å². The Morgan fingerprint density at radius 1 is 1.50 bits per heavy atom. The minimum Gasteiger partial charge on any atom is -0.463 e. The summed E-state index contributed by atoms with van der Waals surface area (Å²) in [5.74, 6) is -2.13. The standard InChI is InChI=1S/C6H7FO3/c1-10-5(9)4(8)6(7)2-3-6/h2-3H2,1H3. The van der Waals surface area contributed by atoms with Crippen molar-refractivity contribution >= 4 is 11.8 Å². The minimum absolute atomic E-state index is 0.154. The Kier molecular flexibility index (Phi) is 1.46. The number of methoxy groups -OCH3 is 1. The molecule has 10 heavy (non-hydrogen) atoms. The van der Waals surface area contributed by atoms with Crippen molar-refractivity contribution in [3.8, 4) is 0 Å². The van der Waals surface area contributed by atoms with Gasteiger partial charge in [-0.1, -0.05) is 0 Å². The lowest BCUT2D eigenvalue weighted by atomic mass is 10.2. The molecule has 1 aliphatic carbocycles. The van der Waals surface area contributed by atoms with Gasteiger partial charge in [-0.25, -0.2) is 9.18 Å². The number of hydrogen-bond acceptors (Lipinski definition) is 3. The molecule has 1 saturated carbocycles. The molecule has 0 spiro atoms. The lowest BCUT2D eigenvalue weighted by molar-refractivity contribution is -0.154. The maximum atomic E-state index is 12.7. The van der Waals surface area contributed by atoms with Crippen LogP contribution in [0.1, 0.15) is 12.8 Å². The average Bonchev–Trinajstić information content (AvgIpc) is 2.66. The summed E-state index contributed by atoms with van der Waals surface area (Å²) in [5, 5.41) is 0. The van der Waals surface area contributed by atoms with Crippen LogP contribution >= 0.6 is 0 Å². The van der Waals surface area contributed by atoms with E-state index in [1.165, 1.54) is 0 Å². The summed E-state index contributed by atoms with van der Waals surface area (Å²) in [5.41, 5.74) is -1.88. The highest BCUT2D eigenvalue weighted by Gasteiger charge is 2.54. The molecule has 0 aliphatic heterocycles. The fraction of sp³-hybridized carbons (Fsp3) is 0.667. The zero-order valence-corrected chi connectivity index (χ0v) is 5.52. The molecule has 0 unspecified atom stereocenters. The predicted octanol–water partition coefficient (Wildman–Crippen LogP) is 0.231. The lowest BCUT2D eigenvalue weighted by Gasteiger charge is -1.99. The number of Topliss-reactive ketones (excluding diaryl/α,β-unsaturated/α-hetero) is 1. The first kappa shape index (κ1) is 7.18. The molecule has 3 nitrogen and oxygen atoms in total. The molecule has 0 saturated heterocycles. The molecule has 1 fully saturated rings. The van der Waals surface area contributed by atoms with Crippen LogP contribution < -0.4 is 0 Å². The van der Waals surface area contributed by atoms with Gasteiger partial charge in [0.2, 0.25) is 0 Å². The Bertz CT molecular complexity index is 183. The number of carbonyl (C=O) groups is 2. The van der Waals surface area contributed by atoms with Gasteiger partial charge in [0.05, 0.1) is 7.11 Å². The van der Waals surface area contributed by atoms with E-state index < -0.39 is 17.4 Å².